The highest BCUT2D eigenvalue weighted by molar-refractivity contribution is 14.1. The van der Waals surface area contributed by atoms with Crippen LogP contribution in [0.3, 0.4) is 0 Å². The normalized spacial score (nSPS) is 12.7. The third-order valence-electron chi connectivity index (χ3n) is 2.22. The molecule has 0 amide bonds. The summed E-state index contributed by atoms with van der Waals surface area (Å²) in [5.74, 6) is 0.787. The number of benzene rings is 1. The summed E-state index contributed by atoms with van der Waals surface area (Å²) in [6.07, 6.45) is -0.0765. The van der Waals surface area contributed by atoms with E-state index in [1.165, 1.54) is 0 Å². The predicted octanol–water partition coefficient (Wildman–Crippen LogP) is 2.78. The predicted molar refractivity (Wildman–Crippen MR) is 67.7 cm³/mol. The van der Waals surface area contributed by atoms with Crippen LogP contribution in [-0.4, -0.2) is 15.2 Å². The Morgan fingerprint density at radius 3 is 2.69 bits per heavy atom. The maximum Gasteiger partial charge on any atom is 0.258 e. The van der Waals surface area contributed by atoms with E-state index in [9.17, 15) is 5.11 Å². The molecule has 1 unspecified atom stereocenters. The van der Waals surface area contributed by atoms with Crippen LogP contribution in [-0.2, 0) is 0 Å². The van der Waals surface area contributed by atoms with Crippen molar-refractivity contribution >= 4 is 22.6 Å². The summed E-state index contributed by atoms with van der Waals surface area (Å²) in [6, 6.07) is 7.76. The van der Waals surface area contributed by atoms with Crippen LogP contribution in [0.2, 0.25) is 0 Å². The number of aromatic nitrogens is 2. The van der Waals surface area contributed by atoms with Gasteiger partial charge >= 0.3 is 0 Å². The number of rotatable bonds is 3. The van der Waals surface area contributed by atoms with E-state index >= 15 is 0 Å². The van der Waals surface area contributed by atoms with Gasteiger partial charge in [-0.1, -0.05) is 12.1 Å². The van der Waals surface area contributed by atoms with Gasteiger partial charge in [0.1, 0.15) is 6.10 Å². The molecule has 0 radical (unpaired) electrons. The minimum atomic E-state index is -0.652. The molecule has 0 aliphatic carbocycles. The molecule has 1 aromatic heterocycles. The average molecular weight is 330 g/mol. The first-order chi connectivity index (χ1) is 7.70. The Balaban J connectivity index is 2.28. The molecule has 5 heteroatoms. The van der Waals surface area contributed by atoms with Crippen LogP contribution in [0.15, 0.2) is 28.8 Å². The summed E-state index contributed by atoms with van der Waals surface area (Å²) < 4.78 is 6.24. The van der Waals surface area contributed by atoms with Crippen molar-refractivity contribution in [3.63, 3.8) is 0 Å². The Labute approximate surface area is 107 Å². The lowest BCUT2D eigenvalue weighted by Crippen LogP contribution is -1.97. The Kier molecular flexibility index (Phi) is 3.55. The molecule has 1 atom stereocenters. The number of aliphatic hydroxyl groups is 1. The van der Waals surface area contributed by atoms with E-state index < -0.39 is 6.10 Å². The molecule has 0 aliphatic rings. The maximum atomic E-state index is 9.55. The fourth-order valence-corrected chi connectivity index (χ4v) is 1.62. The summed E-state index contributed by atoms with van der Waals surface area (Å²) in [6.45, 7) is 1.87. The molecule has 1 aromatic carbocycles. The molecular weight excluding hydrogens is 319 g/mol. The first kappa shape index (κ1) is 11.5. The van der Waals surface area contributed by atoms with Gasteiger partial charge in [-0.3, -0.25) is 0 Å². The lowest BCUT2D eigenvalue weighted by atomic mass is 10.2. The molecule has 0 bridgehead atoms. The third kappa shape index (κ3) is 2.41. The van der Waals surface area contributed by atoms with Crippen LogP contribution in [0.5, 0.6) is 0 Å². The van der Waals surface area contributed by atoms with E-state index in [4.69, 9.17) is 4.52 Å². The average Bonchev–Trinajstić information content (AvgIpc) is 2.78. The standard InChI is InChI=1S/C11H11IN2O2/c1-2-9(15)10-13-11(16-14-10)7-3-5-8(12)6-4-7/h3-6,9,15H,2H2,1H3. The fourth-order valence-electron chi connectivity index (χ4n) is 1.26. The number of halogens is 1. The van der Waals surface area contributed by atoms with E-state index in [2.05, 4.69) is 32.7 Å². The molecule has 0 saturated heterocycles. The van der Waals surface area contributed by atoms with Crippen LogP contribution in [0.4, 0.5) is 0 Å². The summed E-state index contributed by atoms with van der Waals surface area (Å²) in [5.41, 5.74) is 0.863. The van der Waals surface area contributed by atoms with Gasteiger partial charge in [0.05, 0.1) is 0 Å². The molecule has 16 heavy (non-hydrogen) atoms. The highest BCUT2D eigenvalue weighted by atomic mass is 127. The Bertz CT molecular complexity index is 467. The van der Waals surface area contributed by atoms with E-state index in [1.54, 1.807) is 0 Å². The first-order valence-corrected chi connectivity index (χ1v) is 6.06. The number of hydrogen-bond donors (Lipinski definition) is 1. The van der Waals surface area contributed by atoms with Gasteiger partial charge in [-0.2, -0.15) is 4.98 Å². The molecule has 0 spiro atoms. The van der Waals surface area contributed by atoms with Gasteiger partial charge in [0.15, 0.2) is 0 Å². The summed E-state index contributed by atoms with van der Waals surface area (Å²) in [4.78, 5) is 4.15. The van der Waals surface area contributed by atoms with Crippen molar-refractivity contribution in [1.82, 2.24) is 10.1 Å². The summed E-state index contributed by atoms with van der Waals surface area (Å²) in [5, 5.41) is 13.3. The Hall–Kier alpha value is -0.950. The van der Waals surface area contributed by atoms with Crippen molar-refractivity contribution < 1.29 is 9.63 Å². The van der Waals surface area contributed by atoms with E-state index in [-0.39, 0.29) is 0 Å². The second-order valence-electron chi connectivity index (χ2n) is 3.39. The lowest BCUT2D eigenvalue weighted by molar-refractivity contribution is 0.159. The summed E-state index contributed by atoms with van der Waals surface area (Å²) >= 11 is 2.23. The van der Waals surface area contributed by atoms with E-state index in [0.717, 1.165) is 9.13 Å². The SMILES string of the molecule is CCC(O)c1noc(-c2ccc(I)cc2)n1. The number of nitrogens with zero attached hydrogens (tertiary/aromatic N) is 2. The first-order valence-electron chi connectivity index (χ1n) is 4.98. The molecule has 84 valence electrons. The molecule has 1 heterocycles. The van der Waals surface area contributed by atoms with Crippen LogP contribution in [0, 0.1) is 3.57 Å². The van der Waals surface area contributed by atoms with Gasteiger partial charge in [-0.05, 0) is 53.3 Å². The summed E-state index contributed by atoms with van der Waals surface area (Å²) in [7, 11) is 0. The van der Waals surface area contributed by atoms with Crippen LogP contribution in [0.25, 0.3) is 11.5 Å². The minimum absolute atomic E-state index is 0.344. The van der Waals surface area contributed by atoms with Gasteiger partial charge in [-0.15, -0.1) is 0 Å². The van der Waals surface area contributed by atoms with Gasteiger partial charge in [0.2, 0.25) is 5.82 Å². The smallest absolute Gasteiger partial charge is 0.258 e. The molecule has 1 N–H and O–H groups in total. The minimum Gasteiger partial charge on any atom is -0.385 e. The van der Waals surface area contributed by atoms with Crippen molar-refractivity contribution in [2.45, 2.75) is 19.4 Å². The van der Waals surface area contributed by atoms with Crippen LogP contribution >= 0.6 is 22.6 Å². The van der Waals surface area contributed by atoms with E-state index in [1.807, 2.05) is 31.2 Å². The Morgan fingerprint density at radius 2 is 2.06 bits per heavy atom. The molecule has 2 rings (SSSR count). The highest BCUT2D eigenvalue weighted by Gasteiger charge is 2.14. The quantitative estimate of drug-likeness (QED) is 0.879. The Morgan fingerprint density at radius 1 is 1.38 bits per heavy atom. The zero-order valence-corrected chi connectivity index (χ0v) is 10.9. The molecule has 0 saturated carbocycles. The highest BCUT2D eigenvalue weighted by Crippen LogP contribution is 2.21. The monoisotopic (exact) mass is 330 g/mol. The van der Waals surface area contributed by atoms with Crippen molar-refractivity contribution in [2.24, 2.45) is 0 Å². The van der Waals surface area contributed by atoms with Gasteiger partial charge in [-0.25, -0.2) is 0 Å². The second-order valence-corrected chi connectivity index (χ2v) is 4.63. The molecule has 0 fully saturated rings. The lowest BCUT2D eigenvalue weighted by Gasteiger charge is -1.98. The zero-order chi connectivity index (χ0) is 11.5. The van der Waals surface area contributed by atoms with Gasteiger partial charge in [0, 0.05) is 9.13 Å². The van der Waals surface area contributed by atoms with E-state index in [0.29, 0.717) is 18.1 Å². The molecule has 4 nitrogen and oxygen atoms in total. The fraction of sp³-hybridized carbons (Fsp3) is 0.273. The third-order valence-corrected chi connectivity index (χ3v) is 2.94. The van der Waals surface area contributed by atoms with Gasteiger partial charge in [0.25, 0.3) is 5.89 Å². The number of aliphatic hydroxyl groups excluding tert-OH is 1. The van der Waals surface area contributed by atoms with Crippen molar-refractivity contribution in [2.75, 3.05) is 0 Å². The number of hydrogen-bond acceptors (Lipinski definition) is 4. The van der Waals surface area contributed by atoms with Crippen molar-refractivity contribution in [3.8, 4) is 11.5 Å². The van der Waals surface area contributed by atoms with Gasteiger partial charge < -0.3 is 9.63 Å². The van der Waals surface area contributed by atoms with Crippen molar-refractivity contribution in [3.05, 3.63) is 33.7 Å². The zero-order valence-electron chi connectivity index (χ0n) is 8.72. The second kappa shape index (κ2) is 4.92. The topological polar surface area (TPSA) is 59.2 Å². The molecule has 2 aromatic rings. The largest absolute Gasteiger partial charge is 0.385 e. The maximum absolute atomic E-state index is 9.55. The molecular formula is C11H11IN2O2. The molecule has 0 aliphatic heterocycles. The van der Waals surface area contributed by atoms with Crippen LogP contribution in [0.1, 0.15) is 25.3 Å². The van der Waals surface area contributed by atoms with Crippen LogP contribution < -0.4 is 0 Å². The van der Waals surface area contributed by atoms with Crippen molar-refractivity contribution in [1.29, 1.82) is 0 Å².